The second kappa shape index (κ2) is 7.80. The number of fused-ring (bicyclic) bond motifs is 1. The number of anilines is 1. The molecule has 0 radical (unpaired) electrons. The summed E-state index contributed by atoms with van der Waals surface area (Å²) in [5.41, 5.74) is 1.17. The average Bonchev–Trinajstić information content (AvgIpc) is 2.74. The van der Waals surface area contributed by atoms with Crippen LogP contribution >= 0.6 is 0 Å². The largest absolute Gasteiger partial charge is 0.482 e. The lowest BCUT2D eigenvalue weighted by molar-refractivity contribution is 0.0993. The molecule has 0 spiro atoms. The van der Waals surface area contributed by atoms with Crippen LogP contribution in [0.15, 0.2) is 94.3 Å². The van der Waals surface area contributed by atoms with Gasteiger partial charge in [0.25, 0.3) is 5.91 Å². The summed E-state index contributed by atoms with van der Waals surface area (Å²) in [6.07, 6.45) is 1.17. The molecular formula is C23H17NO4. The molecule has 0 atom stereocenters. The van der Waals surface area contributed by atoms with E-state index in [0.29, 0.717) is 5.69 Å². The quantitative estimate of drug-likeness (QED) is 0.556. The minimum atomic E-state index is -0.497. The Bertz CT molecular complexity index is 1180. The number of carbonyl (C=O) groups excluding carboxylic acids is 1. The molecule has 0 aliphatic heterocycles. The molecule has 4 rings (SSSR count). The van der Waals surface area contributed by atoms with Crippen molar-refractivity contribution in [3.63, 3.8) is 0 Å². The topological polar surface area (TPSA) is 68.5 Å². The van der Waals surface area contributed by atoms with Gasteiger partial charge in [0.05, 0.1) is 0 Å². The molecule has 3 aromatic carbocycles. The number of hydrogen-bond donors (Lipinski definition) is 1. The number of benzene rings is 3. The van der Waals surface area contributed by atoms with Crippen molar-refractivity contribution >= 4 is 22.4 Å². The van der Waals surface area contributed by atoms with Crippen LogP contribution in [0.3, 0.4) is 0 Å². The molecule has 0 bridgehead atoms. The van der Waals surface area contributed by atoms with Gasteiger partial charge in [0, 0.05) is 17.1 Å². The molecule has 5 nitrogen and oxygen atoms in total. The third kappa shape index (κ3) is 3.78. The number of amides is 1. The van der Waals surface area contributed by atoms with Gasteiger partial charge in [-0.2, -0.15) is 0 Å². The Kier molecular flexibility index (Phi) is 4.89. The molecule has 0 aliphatic carbocycles. The van der Waals surface area contributed by atoms with E-state index in [0.717, 1.165) is 22.4 Å². The minimum Gasteiger partial charge on any atom is -0.482 e. The van der Waals surface area contributed by atoms with Gasteiger partial charge in [0.2, 0.25) is 11.2 Å². The van der Waals surface area contributed by atoms with Gasteiger partial charge in [-0.05, 0) is 17.0 Å². The molecule has 1 heterocycles. The Labute approximate surface area is 161 Å². The monoisotopic (exact) mass is 371 g/mol. The van der Waals surface area contributed by atoms with E-state index in [4.69, 9.17) is 9.15 Å². The number of hydrogen-bond acceptors (Lipinski definition) is 4. The molecule has 1 amide bonds. The molecule has 138 valence electrons. The summed E-state index contributed by atoms with van der Waals surface area (Å²) in [7, 11) is 0. The molecule has 0 saturated heterocycles. The van der Waals surface area contributed by atoms with Crippen molar-refractivity contribution in [2.45, 2.75) is 6.61 Å². The third-order valence-corrected chi connectivity index (χ3v) is 4.30. The minimum absolute atomic E-state index is 0.0607. The van der Waals surface area contributed by atoms with Crippen LogP contribution in [0.25, 0.3) is 10.8 Å². The maximum atomic E-state index is 12.5. The Hall–Kier alpha value is -3.86. The molecule has 28 heavy (non-hydrogen) atoms. The highest BCUT2D eigenvalue weighted by molar-refractivity contribution is 6.07. The van der Waals surface area contributed by atoms with Crippen molar-refractivity contribution in [2.24, 2.45) is 0 Å². The summed E-state index contributed by atoms with van der Waals surface area (Å²) in [5.74, 6) is -0.515. The summed E-state index contributed by atoms with van der Waals surface area (Å²) in [6.45, 7) is 0.243. The van der Waals surface area contributed by atoms with E-state index in [1.165, 1.54) is 6.26 Å². The van der Waals surface area contributed by atoms with Crippen molar-refractivity contribution in [1.29, 1.82) is 0 Å². The lowest BCUT2D eigenvalue weighted by Crippen LogP contribution is -2.16. The number of nitrogens with one attached hydrogen (secondary N) is 1. The molecule has 0 saturated carbocycles. The summed E-state index contributed by atoms with van der Waals surface area (Å²) in [6, 6.07) is 23.9. The van der Waals surface area contributed by atoms with Gasteiger partial charge in [0.1, 0.15) is 12.9 Å². The normalized spacial score (nSPS) is 10.6. The molecule has 0 aliphatic rings. The highest BCUT2D eigenvalue weighted by atomic mass is 16.5. The molecule has 1 aromatic heterocycles. The van der Waals surface area contributed by atoms with Gasteiger partial charge < -0.3 is 14.5 Å². The zero-order valence-electron chi connectivity index (χ0n) is 14.9. The number of rotatable bonds is 5. The number of carbonyl (C=O) groups is 1. The van der Waals surface area contributed by atoms with Crippen LogP contribution in [0.5, 0.6) is 5.75 Å². The van der Waals surface area contributed by atoms with Gasteiger partial charge in [-0.1, -0.05) is 66.7 Å². The highest BCUT2D eigenvalue weighted by Gasteiger charge is 2.13. The molecular weight excluding hydrogens is 354 g/mol. The van der Waals surface area contributed by atoms with Gasteiger partial charge in [-0.25, -0.2) is 0 Å². The summed E-state index contributed by atoms with van der Waals surface area (Å²) in [4.78, 5) is 24.8. The standard InChI is InChI=1S/C23H17NO4/c25-20-13-21(28-15-22(20)27-14-16-7-2-1-3-8-16)23(26)24-19-12-6-10-17-9-4-5-11-18(17)19/h1-13,15H,14H2,(H,24,26). The van der Waals surface area contributed by atoms with E-state index < -0.39 is 11.3 Å². The fourth-order valence-electron chi connectivity index (χ4n) is 2.88. The Morgan fingerprint density at radius 3 is 2.50 bits per heavy atom. The van der Waals surface area contributed by atoms with Gasteiger partial charge in [-0.15, -0.1) is 0 Å². The predicted molar refractivity (Wildman–Crippen MR) is 108 cm³/mol. The van der Waals surface area contributed by atoms with Gasteiger partial charge in [0.15, 0.2) is 5.76 Å². The van der Waals surface area contributed by atoms with E-state index in [9.17, 15) is 9.59 Å². The van der Waals surface area contributed by atoms with E-state index in [1.807, 2.05) is 66.7 Å². The van der Waals surface area contributed by atoms with Crippen LogP contribution in [0.4, 0.5) is 5.69 Å². The lowest BCUT2D eigenvalue weighted by atomic mass is 10.1. The molecule has 0 unspecified atom stereocenters. The first-order valence-electron chi connectivity index (χ1n) is 8.79. The first-order valence-corrected chi connectivity index (χ1v) is 8.79. The second-order valence-corrected chi connectivity index (χ2v) is 6.23. The van der Waals surface area contributed by atoms with Crippen LogP contribution in [-0.2, 0) is 6.61 Å². The van der Waals surface area contributed by atoms with Crippen LogP contribution in [0.2, 0.25) is 0 Å². The predicted octanol–water partition coefficient (Wildman–Crippen LogP) is 4.62. The van der Waals surface area contributed by atoms with E-state index in [-0.39, 0.29) is 18.1 Å². The maximum absolute atomic E-state index is 12.5. The van der Waals surface area contributed by atoms with Crippen molar-refractivity contribution in [3.05, 3.63) is 107 Å². The van der Waals surface area contributed by atoms with Crippen molar-refractivity contribution in [3.8, 4) is 5.75 Å². The zero-order chi connectivity index (χ0) is 19.3. The molecule has 5 heteroatoms. The fourth-order valence-corrected chi connectivity index (χ4v) is 2.88. The van der Waals surface area contributed by atoms with Crippen LogP contribution in [0, 0.1) is 0 Å². The van der Waals surface area contributed by atoms with Crippen molar-refractivity contribution < 1.29 is 13.9 Å². The fraction of sp³-hybridized carbons (Fsp3) is 0.0435. The van der Waals surface area contributed by atoms with Crippen molar-refractivity contribution in [1.82, 2.24) is 0 Å². The van der Waals surface area contributed by atoms with E-state index in [1.54, 1.807) is 6.07 Å². The van der Waals surface area contributed by atoms with Gasteiger partial charge >= 0.3 is 0 Å². The van der Waals surface area contributed by atoms with E-state index >= 15 is 0 Å². The Morgan fingerprint density at radius 1 is 0.929 bits per heavy atom. The van der Waals surface area contributed by atoms with Crippen LogP contribution in [0.1, 0.15) is 16.1 Å². The summed E-state index contributed by atoms with van der Waals surface area (Å²) >= 11 is 0. The number of ether oxygens (including phenoxy) is 1. The molecule has 0 fully saturated rings. The van der Waals surface area contributed by atoms with Crippen LogP contribution < -0.4 is 15.5 Å². The lowest BCUT2D eigenvalue weighted by Gasteiger charge is -2.09. The first-order chi connectivity index (χ1) is 13.7. The smallest absolute Gasteiger partial charge is 0.291 e. The van der Waals surface area contributed by atoms with Crippen LogP contribution in [-0.4, -0.2) is 5.91 Å². The molecule has 4 aromatic rings. The summed E-state index contributed by atoms with van der Waals surface area (Å²) < 4.78 is 10.8. The van der Waals surface area contributed by atoms with E-state index in [2.05, 4.69) is 5.32 Å². The Morgan fingerprint density at radius 2 is 1.68 bits per heavy atom. The van der Waals surface area contributed by atoms with Gasteiger partial charge in [-0.3, -0.25) is 9.59 Å². The molecule has 1 N–H and O–H groups in total. The SMILES string of the molecule is O=C(Nc1cccc2ccccc12)c1cc(=O)c(OCc2ccccc2)co1. The Balaban J connectivity index is 1.50. The van der Waals surface area contributed by atoms with Crippen molar-refractivity contribution in [2.75, 3.05) is 5.32 Å². The zero-order valence-corrected chi connectivity index (χ0v) is 14.9. The highest BCUT2D eigenvalue weighted by Crippen LogP contribution is 2.23. The summed E-state index contributed by atoms with van der Waals surface area (Å²) in [5, 5.41) is 4.71. The average molecular weight is 371 g/mol. The second-order valence-electron chi connectivity index (χ2n) is 6.23. The maximum Gasteiger partial charge on any atom is 0.291 e. The third-order valence-electron chi connectivity index (χ3n) is 4.30. The first kappa shape index (κ1) is 17.5.